The molecular formula is C26H45NO3PPdS. The predicted molar refractivity (Wildman–Crippen MR) is 142 cm³/mol. The zero-order chi connectivity index (χ0) is 24.5. The number of para-hydroxylation sites is 1. The summed E-state index contributed by atoms with van der Waals surface area (Å²) in [6.07, 6.45) is 0. The first kappa shape index (κ1) is 37.1. The van der Waals surface area contributed by atoms with E-state index in [9.17, 15) is 0 Å². The van der Waals surface area contributed by atoms with Gasteiger partial charge in [-0.25, -0.2) is 4.21 Å². The first-order valence-electron chi connectivity index (χ1n) is 10.5. The molecular weight excluding hydrogens is 544 g/mol. The third kappa shape index (κ3) is 15.2. The van der Waals surface area contributed by atoms with Crippen LogP contribution in [0.25, 0.3) is 11.1 Å². The van der Waals surface area contributed by atoms with Crippen LogP contribution in [0, 0.1) is 0 Å². The van der Waals surface area contributed by atoms with Crippen LogP contribution in [0.15, 0.2) is 54.6 Å². The molecule has 0 unspecified atom stereocenters. The van der Waals surface area contributed by atoms with E-state index in [4.69, 9.17) is 13.3 Å². The van der Waals surface area contributed by atoms with Crippen LogP contribution < -0.4 is 5.32 Å². The van der Waals surface area contributed by atoms with Gasteiger partial charge in [-0.1, -0.05) is 120 Å². The molecule has 7 heteroatoms. The van der Waals surface area contributed by atoms with Crippen molar-refractivity contribution in [2.24, 2.45) is 0 Å². The summed E-state index contributed by atoms with van der Waals surface area (Å²) in [5.41, 5.74) is 3.87. The third-order valence-corrected chi connectivity index (χ3v) is 8.39. The Bertz CT molecular complexity index is 760. The number of quaternary nitrogens is 1. The first-order valence-corrected chi connectivity index (χ1v) is 12.9. The zero-order valence-electron chi connectivity index (χ0n) is 21.2. The number of nitrogens with two attached hydrogens (primary N) is 1. The van der Waals surface area contributed by atoms with Gasteiger partial charge in [0.2, 0.25) is 0 Å². The van der Waals surface area contributed by atoms with Crippen LogP contribution in [0.4, 0.5) is 5.69 Å². The van der Waals surface area contributed by atoms with Gasteiger partial charge in [0.15, 0.2) is 0 Å². The summed E-state index contributed by atoms with van der Waals surface area (Å²) >= 11 is -3.11. The van der Waals surface area contributed by atoms with E-state index in [1.807, 2.05) is 6.07 Å². The van der Waals surface area contributed by atoms with E-state index < -0.39 is 11.4 Å². The van der Waals surface area contributed by atoms with Gasteiger partial charge in [-0.3, -0.25) is 0 Å². The summed E-state index contributed by atoms with van der Waals surface area (Å²) in [6, 6.07) is 18.9. The SMILES string of the molecule is C.CC(C)(C)P(C(C)(C)C)C(C)(C)C.C[NH2+]c1ccccc1-c1ccccc1.[O]S(=O)[O-].[Pd]. The predicted octanol–water partition coefficient (Wildman–Crippen LogP) is 6.89. The summed E-state index contributed by atoms with van der Waals surface area (Å²) in [7, 11) is 2.09. The van der Waals surface area contributed by atoms with Crippen molar-refractivity contribution in [2.75, 3.05) is 7.05 Å². The maximum atomic E-state index is 8.44. The number of hydrogen-bond donors (Lipinski definition) is 1. The fourth-order valence-corrected chi connectivity index (χ4v) is 10.7. The van der Waals surface area contributed by atoms with Crippen molar-refractivity contribution in [2.45, 2.75) is 85.2 Å². The van der Waals surface area contributed by atoms with Gasteiger partial charge in [0.05, 0.1) is 7.05 Å². The summed E-state index contributed by atoms with van der Waals surface area (Å²) in [5.74, 6) is 0. The molecule has 2 aromatic rings. The number of hydrogen-bond acceptors (Lipinski definition) is 2. The monoisotopic (exact) mass is 588 g/mol. The van der Waals surface area contributed by atoms with Gasteiger partial charge in [-0.2, -0.15) is 0 Å². The second-order valence-corrected chi connectivity index (χ2v) is 15.4. The molecule has 0 atom stereocenters. The summed E-state index contributed by atoms with van der Waals surface area (Å²) in [4.78, 5) is 0. The van der Waals surface area contributed by atoms with Crippen molar-refractivity contribution in [3.8, 4) is 11.1 Å². The minimum Gasteiger partial charge on any atom is -0.747 e. The number of rotatable bonds is 2. The maximum absolute atomic E-state index is 8.44. The minimum absolute atomic E-state index is 0. The molecule has 1 radical (unpaired) electrons. The third-order valence-electron chi connectivity index (χ3n) is 4.37. The van der Waals surface area contributed by atoms with Crippen molar-refractivity contribution in [1.82, 2.24) is 0 Å². The van der Waals surface area contributed by atoms with Crippen molar-refractivity contribution < 1.29 is 39.1 Å². The largest absolute Gasteiger partial charge is 0.747 e. The van der Waals surface area contributed by atoms with E-state index in [2.05, 4.69) is 123 Å². The molecule has 2 aromatic carbocycles. The van der Waals surface area contributed by atoms with Gasteiger partial charge in [0.1, 0.15) is 17.0 Å². The van der Waals surface area contributed by atoms with Gasteiger partial charge in [-0.05, 0) is 33.2 Å². The Hall–Kier alpha value is -0.438. The molecule has 0 heterocycles. The molecule has 193 valence electrons. The van der Waals surface area contributed by atoms with Gasteiger partial charge < -0.3 is 9.87 Å². The molecule has 0 saturated carbocycles. The van der Waals surface area contributed by atoms with E-state index in [1.54, 1.807) is 0 Å². The summed E-state index contributed by atoms with van der Waals surface area (Å²) < 4.78 is 25.3. The zero-order valence-corrected chi connectivity index (χ0v) is 24.4. The molecule has 0 aliphatic heterocycles. The van der Waals surface area contributed by atoms with Gasteiger partial charge in [0, 0.05) is 26.0 Å². The average molecular weight is 589 g/mol. The van der Waals surface area contributed by atoms with Crippen LogP contribution in [0.2, 0.25) is 0 Å². The van der Waals surface area contributed by atoms with Crippen LogP contribution in [-0.2, 0) is 36.3 Å². The Kier molecular flexibility index (Phi) is 18.3. The van der Waals surface area contributed by atoms with Gasteiger partial charge in [0.25, 0.3) is 0 Å². The fourth-order valence-electron chi connectivity index (χ4n) is 4.65. The topological polar surface area (TPSA) is 76.6 Å². The second kappa shape index (κ2) is 16.3. The van der Waals surface area contributed by atoms with Gasteiger partial charge in [-0.15, -0.1) is 4.55 Å². The standard InChI is InChI=1S/C13H13N.C12H27P.CH4.HO3S.Pd/c1-14-13-10-6-5-9-12(13)11-7-3-2-4-8-11;1-10(2,3)13(11(4,5)6)12(7,8)9;;1-4(2)3;/h2-10,14H,1H3;1-9H3;1H4;(H,1,2);. The second-order valence-electron chi connectivity index (χ2n) is 10.3. The van der Waals surface area contributed by atoms with E-state index in [0.717, 1.165) is 0 Å². The average Bonchev–Trinajstić information content (AvgIpc) is 2.58. The number of benzene rings is 2. The Morgan fingerprint density at radius 3 is 1.39 bits per heavy atom. The molecule has 0 fully saturated rings. The fraction of sp³-hybridized carbons (Fsp3) is 0.538. The van der Waals surface area contributed by atoms with E-state index in [-0.39, 0.29) is 35.8 Å². The minimum atomic E-state index is -3.11. The molecule has 33 heavy (non-hydrogen) atoms. The van der Waals surface area contributed by atoms with Gasteiger partial charge >= 0.3 is 0 Å². The Morgan fingerprint density at radius 2 is 1.09 bits per heavy atom. The summed E-state index contributed by atoms with van der Waals surface area (Å²) in [6.45, 7) is 21.5. The van der Waals surface area contributed by atoms with Crippen LogP contribution in [0.5, 0.6) is 0 Å². The van der Waals surface area contributed by atoms with Crippen molar-refractivity contribution in [3.63, 3.8) is 0 Å². The molecule has 2 rings (SSSR count). The van der Waals surface area contributed by atoms with Crippen LogP contribution in [0.3, 0.4) is 0 Å². The maximum Gasteiger partial charge on any atom is 0.137 e. The Labute approximate surface area is 221 Å². The van der Waals surface area contributed by atoms with Crippen molar-refractivity contribution >= 4 is 25.0 Å². The molecule has 0 aliphatic carbocycles. The molecule has 0 aliphatic rings. The molecule has 0 amide bonds. The normalized spacial score (nSPS) is 12.2. The smallest absolute Gasteiger partial charge is 0.137 e. The van der Waals surface area contributed by atoms with Crippen molar-refractivity contribution in [1.29, 1.82) is 0 Å². The molecule has 2 N–H and O–H groups in total. The van der Waals surface area contributed by atoms with E-state index in [0.29, 0.717) is 15.5 Å². The molecule has 0 saturated heterocycles. The Balaban J connectivity index is -0.000000448. The molecule has 0 aromatic heterocycles. The van der Waals surface area contributed by atoms with Crippen LogP contribution >= 0.6 is 7.92 Å². The van der Waals surface area contributed by atoms with E-state index in [1.165, 1.54) is 16.8 Å². The first-order chi connectivity index (χ1) is 14.0. The molecule has 4 nitrogen and oxygen atoms in total. The van der Waals surface area contributed by atoms with E-state index >= 15 is 0 Å². The quantitative estimate of drug-likeness (QED) is 0.180. The molecule has 0 bridgehead atoms. The Morgan fingerprint density at radius 1 is 0.758 bits per heavy atom. The van der Waals surface area contributed by atoms with Crippen molar-refractivity contribution in [3.05, 3.63) is 54.6 Å². The van der Waals surface area contributed by atoms with Crippen LogP contribution in [0.1, 0.15) is 69.7 Å². The summed E-state index contributed by atoms with van der Waals surface area (Å²) in [5, 5.41) is 3.49. The van der Waals surface area contributed by atoms with Crippen LogP contribution in [-0.4, -0.2) is 31.3 Å². The molecule has 0 spiro atoms.